The van der Waals surface area contributed by atoms with Gasteiger partial charge in [-0.3, -0.25) is 4.79 Å². The number of hydrogen-bond acceptors (Lipinski definition) is 3. The fourth-order valence-corrected chi connectivity index (χ4v) is 2.42. The van der Waals surface area contributed by atoms with Gasteiger partial charge in [0, 0.05) is 26.6 Å². The first-order valence-electron chi connectivity index (χ1n) is 6.49. The standard InChI is InChI=1S/C13H25NO3/c1-10(2)11-4-5-13(16)14(7-6-11)8-12(15)9-17-3/h10-12,15H,4-9H2,1-3H3. The van der Waals surface area contributed by atoms with Gasteiger partial charge in [0.1, 0.15) is 0 Å². The molecule has 0 bridgehead atoms. The number of rotatable bonds is 5. The van der Waals surface area contributed by atoms with Gasteiger partial charge in [0.2, 0.25) is 5.91 Å². The molecular weight excluding hydrogens is 218 g/mol. The number of amides is 1. The van der Waals surface area contributed by atoms with Crippen LogP contribution in [0.3, 0.4) is 0 Å². The van der Waals surface area contributed by atoms with Crippen LogP contribution in [0.1, 0.15) is 33.1 Å². The quantitative estimate of drug-likeness (QED) is 0.791. The van der Waals surface area contributed by atoms with Crippen LogP contribution in [0.5, 0.6) is 0 Å². The second-order valence-corrected chi connectivity index (χ2v) is 5.28. The van der Waals surface area contributed by atoms with Gasteiger partial charge in [-0.25, -0.2) is 0 Å². The van der Waals surface area contributed by atoms with Crippen molar-refractivity contribution in [3.63, 3.8) is 0 Å². The molecule has 100 valence electrons. The smallest absolute Gasteiger partial charge is 0.222 e. The van der Waals surface area contributed by atoms with Crippen LogP contribution in [0.15, 0.2) is 0 Å². The Hall–Kier alpha value is -0.610. The number of nitrogens with zero attached hydrogens (tertiary/aromatic N) is 1. The highest BCUT2D eigenvalue weighted by Gasteiger charge is 2.25. The molecule has 0 saturated carbocycles. The summed E-state index contributed by atoms with van der Waals surface area (Å²) in [5.41, 5.74) is 0. The number of methoxy groups -OCH3 is 1. The molecule has 2 atom stereocenters. The maximum atomic E-state index is 11.9. The molecule has 1 amide bonds. The second kappa shape index (κ2) is 6.97. The van der Waals surface area contributed by atoms with E-state index < -0.39 is 6.10 Å². The summed E-state index contributed by atoms with van der Waals surface area (Å²) in [6.45, 7) is 5.88. The lowest BCUT2D eigenvalue weighted by molar-refractivity contribution is -0.132. The van der Waals surface area contributed by atoms with Gasteiger partial charge in [-0.15, -0.1) is 0 Å². The Bertz CT molecular complexity index is 243. The van der Waals surface area contributed by atoms with Crippen LogP contribution < -0.4 is 0 Å². The maximum Gasteiger partial charge on any atom is 0.222 e. The van der Waals surface area contributed by atoms with E-state index in [9.17, 15) is 9.90 Å². The topological polar surface area (TPSA) is 49.8 Å². The minimum atomic E-state index is -0.570. The fourth-order valence-electron chi connectivity index (χ4n) is 2.42. The molecular formula is C13H25NO3. The van der Waals surface area contributed by atoms with Gasteiger partial charge in [0.15, 0.2) is 0 Å². The maximum absolute atomic E-state index is 11.9. The van der Waals surface area contributed by atoms with Crippen molar-refractivity contribution in [3.05, 3.63) is 0 Å². The summed E-state index contributed by atoms with van der Waals surface area (Å²) >= 11 is 0. The first-order chi connectivity index (χ1) is 8.04. The Morgan fingerprint density at radius 2 is 2.18 bits per heavy atom. The van der Waals surface area contributed by atoms with Crippen molar-refractivity contribution in [1.29, 1.82) is 0 Å². The number of carbonyl (C=O) groups is 1. The summed E-state index contributed by atoms with van der Waals surface area (Å²) in [7, 11) is 1.56. The third-order valence-corrected chi connectivity index (χ3v) is 3.58. The van der Waals surface area contributed by atoms with E-state index in [0.29, 0.717) is 24.8 Å². The van der Waals surface area contributed by atoms with E-state index in [1.165, 1.54) is 0 Å². The third kappa shape index (κ3) is 4.64. The zero-order valence-corrected chi connectivity index (χ0v) is 11.2. The van der Waals surface area contributed by atoms with Gasteiger partial charge in [-0.05, 0) is 24.7 Å². The minimum absolute atomic E-state index is 0.170. The van der Waals surface area contributed by atoms with Gasteiger partial charge in [0.05, 0.1) is 12.7 Å². The van der Waals surface area contributed by atoms with Crippen LogP contribution in [-0.4, -0.2) is 48.8 Å². The average Bonchev–Trinajstić information content (AvgIpc) is 2.43. The Labute approximate surface area is 104 Å². The van der Waals surface area contributed by atoms with Crippen molar-refractivity contribution < 1.29 is 14.6 Å². The molecule has 1 fully saturated rings. The number of β-amino-alcohol motifs (C(OH)–C–C–N with tert-alkyl or cyclic N) is 1. The molecule has 0 aromatic carbocycles. The van der Waals surface area contributed by atoms with E-state index in [4.69, 9.17) is 4.74 Å². The van der Waals surface area contributed by atoms with E-state index in [0.717, 1.165) is 19.4 Å². The summed E-state index contributed by atoms with van der Waals surface area (Å²) in [5, 5.41) is 9.67. The van der Waals surface area contributed by atoms with E-state index in [1.54, 1.807) is 12.0 Å². The lowest BCUT2D eigenvalue weighted by Gasteiger charge is -2.24. The van der Waals surface area contributed by atoms with Crippen molar-refractivity contribution >= 4 is 5.91 Å². The molecule has 2 unspecified atom stereocenters. The predicted octanol–water partition coefficient (Wildman–Crippen LogP) is 1.28. The van der Waals surface area contributed by atoms with Crippen molar-refractivity contribution in [3.8, 4) is 0 Å². The molecule has 1 aliphatic rings. The van der Waals surface area contributed by atoms with Crippen molar-refractivity contribution in [1.82, 2.24) is 4.90 Å². The molecule has 1 aliphatic heterocycles. The van der Waals surface area contributed by atoms with Crippen LogP contribution in [0.25, 0.3) is 0 Å². The lowest BCUT2D eigenvalue weighted by Crippen LogP contribution is -2.38. The van der Waals surface area contributed by atoms with Gasteiger partial charge < -0.3 is 14.7 Å². The lowest BCUT2D eigenvalue weighted by atomic mass is 9.89. The van der Waals surface area contributed by atoms with Gasteiger partial charge >= 0.3 is 0 Å². The summed E-state index contributed by atoms with van der Waals surface area (Å²) < 4.78 is 4.88. The zero-order chi connectivity index (χ0) is 12.8. The van der Waals surface area contributed by atoms with E-state index >= 15 is 0 Å². The van der Waals surface area contributed by atoms with Crippen LogP contribution >= 0.6 is 0 Å². The third-order valence-electron chi connectivity index (χ3n) is 3.58. The molecule has 1 heterocycles. The molecule has 17 heavy (non-hydrogen) atoms. The van der Waals surface area contributed by atoms with Crippen molar-refractivity contribution in [2.75, 3.05) is 26.8 Å². The second-order valence-electron chi connectivity index (χ2n) is 5.28. The Morgan fingerprint density at radius 3 is 2.76 bits per heavy atom. The normalized spacial score (nSPS) is 23.9. The van der Waals surface area contributed by atoms with E-state index in [-0.39, 0.29) is 12.5 Å². The Morgan fingerprint density at radius 1 is 1.47 bits per heavy atom. The first-order valence-corrected chi connectivity index (χ1v) is 6.49. The predicted molar refractivity (Wildman–Crippen MR) is 66.6 cm³/mol. The fraction of sp³-hybridized carbons (Fsp3) is 0.923. The molecule has 4 nitrogen and oxygen atoms in total. The molecule has 0 radical (unpaired) electrons. The monoisotopic (exact) mass is 243 g/mol. The summed E-state index contributed by atoms with van der Waals surface area (Å²) in [4.78, 5) is 13.7. The van der Waals surface area contributed by atoms with Crippen LogP contribution in [-0.2, 0) is 9.53 Å². The van der Waals surface area contributed by atoms with Crippen LogP contribution in [0.4, 0.5) is 0 Å². The van der Waals surface area contributed by atoms with E-state index in [2.05, 4.69) is 13.8 Å². The number of ether oxygens (including phenoxy) is 1. The number of hydrogen-bond donors (Lipinski definition) is 1. The number of aliphatic hydroxyl groups excluding tert-OH is 1. The van der Waals surface area contributed by atoms with Crippen LogP contribution in [0, 0.1) is 11.8 Å². The highest BCUT2D eigenvalue weighted by Crippen LogP contribution is 2.25. The van der Waals surface area contributed by atoms with Crippen LogP contribution in [0.2, 0.25) is 0 Å². The van der Waals surface area contributed by atoms with Gasteiger partial charge in [0.25, 0.3) is 0 Å². The molecule has 0 spiro atoms. The first kappa shape index (κ1) is 14.5. The minimum Gasteiger partial charge on any atom is -0.389 e. The Kier molecular flexibility index (Phi) is 5.92. The molecule has 0 aliphatic carbocycles. The zero-order valence-electron chi connectivity index (χ0n) is 11.2. The summed E-state index contributed by atoms with van der Waals surface area (Å²) in [6, 6.07) is 0. The highest BCUT2D eigenvalue weighted by molar-refractivity contribution is 5.76. The molecule has 0 aromatic rings. The highest BCUT2D eigenvalue weighted by atomic mass is 16.5. The van der Waals surface area contributed by atoms with Crippen molar-refractivity contribution in [2.45, 2.75) is 39.2 Å². The molecule has 0 aromatic heterocycles. The Balaban J connectivity index is 2.47. The number of aliphatic hydroxyl groups is 1. The summed E-state index contributed by atoms with van der Waals surface area (Å²) in [6.07, 6.45) is 2.07. The number of carbonyl (C=O) groups excluding carboxylic acids is 1. The molecule has 4 heteroatoms. The summed E-state index contributed by atoms with van der Waals surface area (Å²) in [5.74, 6) is 1.43. The van der Waals surface area contributed by atoms with E-state index in [1.807, 2.05) is 0 Å². The largest absolute Gasteiger partial charge is 0.389 e. The molecule has 1 rings (SSSR count). The van der Waals surface area contributed by atoms with Crippen molar-refractivity contribution in [2.24, 2.45) is 11.8 Å². The van der Waals surface area contributed by atoms with Gasteiger partial charge in [-0.2, -0.15) is 0 Å². The van der Waals surface area contributed by atoms with Gasteiger partial charge in [-0.1, -0.05) is 13.8 Å². The molecule has 1 saturated heterocycles. The SMILES string of the molecule is COCC(O)CN1CCC(C(C)C)CCC1=O. The number of likely N-dealkylation sites (tertiary alicyclic amines) is 1. The average molecular weight is 243 g/mol. The molecule has 1 N–H and O–H groups in total.